The molecule has 9 heteroatoms. The van der Waals surface area contributed by atoms with E-state index in [0.717, 1.165) is 11.6 Å². The average Bonchev–Trinajstić information content (AvgIpc) is 2.77. The van der Waals surface area contributed by atoms with Crippen LogP contribution in [-0.2, 0) is 6.61 Å². The first-order valence-corrected chi connectivity index (χ1v) is 9.13. The van der Waals surface area contributed by atoms with Gasteiger partial charge >= 0.3 is 0 Å². The molecule has 30 heavy (non-hydrogen) atoms. The summed E-state index contributed by atoms with van der Waals surface area (Å²) < 4.78 is 5.73. The number of amides is 2. The number of hydrazine groups is 1. The lowest BCUT2D eigenvalue weighted by atomic mass is 10.2. The van der Waals surface area contributed by atoms with E-state index in [1.807, 2.05) is 12.1 Å². The average molecular weight is 426 g/mol. The molecule has 0 aliphatic heterocycles. The third kappa shape index (κ3) is 5.33. The van der Waals surface area contributed by atoms with Crippen LogP contribution in [0.25, 0.3) is 0 Å². The summed E-state index contributed by atoms with van der Waals surface area (Å²) in [6, 6.07) is 18.8. The molecule has 0 radical (unpaired) electrons. The normalized spacial score (nSPS) is 10.2. The lowest BCUT2D eigenvalue weighted by Gasteiger charge is -2.12. The first-order chi connectivity index (χ1) is 14.4. The number of carbonyl (C=O) groups excluding carboxylic acids is 2. The second kappa shape index (κ2) is 9.53. The standard InChI is InChI=1S/C21H16ClN3O5/c22-16-10-8-14(9-11-16)13-30-19-7-2-1-6-18(19)21(27)24-23-20(26)15-4-3-5-17(12-15)25(28)29/h1-12H,13H2,(H,23,26)(H,24,27). The molecule has 2 amide bonds. The highest BCUT2D eigenvalue weighted by Gasteiger charge is 2.15. The lowest BCUT2D eigenvalue weighted by molar-refractivity contribution is -0.384. The number of nitro benzene ring substituents is 1. The maximum absolute atomic E-state index is 12.5. The number of carbonyl (C=O) groups is 2. The fourth-order valence-corrected chi connectivity index (χ4v) is 2.66. The van der Waals surface area contributed by atoms with Crippen molar-refractivity contribution in [3.05, 3.63) is 105 Å². The summed E-state index contributed by atoms with van der Waals surface area (Å²) in [5.41, 5.74) is 5.42. The molecule has 2 N–H and O–H groups in total. The number of hydrogen-bond donors (Lipinski definition) is 2. The van der Waals surface area contributed by atoms with E-state index in [1.165, 1.54) is 18.2 Å². The number of nitrogens with zero attached hydrogens (tertiary/aromatic N) is 1. The molecule has 0 bridgehead atoms. The van der Waals surface area contributed by atoms with E-state index in [9.17, 15) is 19.7 Å². The Hall–Kier alpha value is -3.91. The summed E-state index contributed by atoms with van der Waals surface area (Å²) in [6.07, 6.45) is 0. The molecule has 0 aliphatic rings. The Balaban J connectivity index is 1.64. The molecule has 0 spiro atoms. The summed E-state index contributed by atoms with van der Waals surface area (Å²) in [5.74, 6) is -0.957. The van der Waals surface area contributed by atoms with Crippen LogP contribution >= 0.6 is 11.6 Å². The summed E-state index contributed by atoms with van der Waals surface area (Å²) in [7, 11) is 0. The van der Waals surface area contributed by atoms with E-state index in [4.69, 9.17) is 16.3 Å². The zero-order valence-corrected chi connectivity index (χ0v) is 16.3. The number of non-ortho nitro benzene ring substituents is 1. The lowest BCUT2D eigenvalue weighted by Crippen LogP contribution is -2.41. The fraction of sp³-hybridized carbons (Fsp3) is 0.0476. The summed E-state index contributed by atoms with van der Waals surface area (Å²) in [4.78, 5) is 34.9. The highest BCUT2D eigenvalue weighted by atomic mass is 35.5. The molecule has 0 fully saturated rings. The third-order valence-electron chi connectivity index (χ3n) is 4.05. The van der Waals surface area contributed by atoms with Crippen molar-refractivity contribution in [3.63, 3.8) is 0 Å². The van der Waals surface area contributed by atoms with E-state index >= 15 is 0 Å². The summed E-state index contributed by atoms with van der Waals surface area (Å²) >= 11 is 5.86. The Bertz CT molecular complexity index is 1090. The van der Waals surface area contributed by atoms with Crippen molar-refractivity contribution in [1.82, 2.24) is 10.9 Å². The van der Waals surface area contributed by atoms with Gasteiger partial charge < -0.3 is 4.74 Å². The smallest absolute Gasteiger partial charge is 0.273 e. The van der Waals surface area contributed by atoms with E-state index in [2.05, 4.69) is 10.9 Å². The Morgan fingerprint density at radius 1 is 0.933 bits per heavy atom. The van der Waals surface area contributed by atoms with Gasteiger partial charge in [0.15, 0.2) is 0 Å². The van der Waals surface area contributed by atoms with E-state index in [0.29, 0.717) is 10.8 Å². The van der Waals surface area contributed by atoms with Crippen LogP contribution in [0, 0.1) is 10.1 Å². The van der Waals surface area contributed by atoms with Crippen molar-refractivity contribution >= 4 is 29.1 Å². The van der Waals surface area contributed by atoms with Crippen LogP contribution in [0.3, 0.4) is 0 Å². The maximum atomic E-state index is 12.5. The van der Waals surface area contributed by atoms with Crippen LogP contribution in [0.2, 0.25) is 5.02 Å². The van der Waals surface area contributed by atoms with Gasteiger partial charge in [-0.1, -0.05) is 41.9 Å². The molecule has 0 unspecified atom stereocenters. The van der Waals surface area contributed by atoms with Gasteiger partial charge in [-0.2, -0.15) is 0 Å². The molecule has 152 valence electrons. The predicted octanol–water partition coefficient (Wildman–Crippen LogP) is 3.90. The van der Waals surface area contributed by atoms with Crippen molar-refractivity contribution in [1.29, 1.82) is 0 Å². The molecule has 0 aliphatic carbocycles. The second-order valence-corrected chi connectivity index (χ2v) is 6.56. The van der Waals surface area contributed by atoms with Crippen molar-refractivity contribution in [3.8, 4) is 5.75 Å². The molecule has 0 saturated heterocycles. The van der Waals surface area contributed by atoms with Crippen LogP contribution < -0.4 is 15.6 Å². The number of nitrogens with one attached hydrogen (secondary N) is 2. The Morgan fingerprint density at radius 2 is 1.63 bits per heavy atom. The highest BCUT2D eigenvalue weighted by molar-refractivity contribution is 6.30. The first kappa shape index (κ1) is 20.8. The van der Waals surface area contributed by atoms with Crippen LogP contribution in [0.4, 0.5) is 5.69 Å². The van der Waals surface area contributed by atoms with Gasteiger partial charge in [0.2, 0.25) is 0 Å². The van der Waals surface area contributed by atoms with Gasteiger partial charge in [-0.15, -0.1) is 0 Å². The summed E-state index contributed by atoms with van der Waals surface area (Å²) in [6.45, 7) is 0.224. The molecular formula is C21H16ClN3O5. The maximum Gasteiger partial charge on any atom is 0.273 e. The SMILES string of the molecule is O=C(NNC(=O)c1ccccc1OCc1ccc(Cl)cc1)c1cccc([N+](=O)[O-])c1. The van der Waals surface area contributed by atoms with E-state index in [1.54, 1.807) is 36.4 Å². The quantitative estimate of drug-likeness (QED) is 0.459. The molecule has 8 nitrogen and oxygen atoms in total. The topological polar surface area (TPSA) is 111 Å². The number of para-hydroxylation sites is 1. The third-order valence-corrected chi connectivity index (χ3v) is 4.30. The monoisotopic (exact) mass is 425 g/mol. The minimum Gasteiger partial charge on any atom is -0.488 e. The minimum atomic E-state index is -0.688. The number of benzene rings is 3. The number of halogens is 1. The van der Waals surface area contributed by atoms with Gasteiger partial charge in [0, 0.05) is 22.7 Å². The van der Waals surface area contributed by atoms with Crippen LogP contribution in [0.1, 0.15) is 26.3 Å². The molecule has 3 rings (SSSR count). The van der Waals surface area contributed by atoms with E-state index in [-0.39, 0.29) is 23.4 Å². The molecule has 0 saturated carbocycles. The summed E-state index contributed by atoms with van der Waals surface area (Å²) in [5, 5.41) is 11.4. The fourth-order valence-electron chi connectivity index (χ4n) is 2.54. The van der Waals surface area contributed by atoms with Gasteiger partial charge in [0.05, 0.1) is 10.5 Å². The van der Waals surface area contributed by atoms with Crippen LogP contribution in [0.5, 0.6) is 5.75 Å². The number of nitro groups is 1. The molecule has 3 aromatic rings. The largest absolute Gasteiger partial charge is 0.488 e. The van der Waals surface area contributed by atoms with Gasteiger partial charge in [-0.25, -0.2) is 0 Å². The molecule has 3 aromatic carbocycles. The molecule has 0 aromatic heterocycles. The number of ether oxygens (including phenoxy) is 1. The minimum absolute atomic E-state index is 0.0387. The van der Waals surface area contributed by atoms with Gasteiger partial charge in [0.1, 0.15) is 12.4 Å². The zero-order valence-electron chi connectivity index (χ0n) is 15.5. The van der Waals surface area contributed by atoms with Crippen molar-refractivity contribution in [2.45, 2.75) is 6.61 Å². The van der Waals surface area contributed by atoms with E-state index < -0.39 is 16.7 Å². The van der Waals surface area contributed by atoms with Crippen LogP contribution in [-0.4, -0.2) is 16.7 Å². The van der Waals surface area contributed by atoms with Gasteiger partial charge in [0.25, 0.3) is 17.5 Å². The Labute approximate surface area is 176 Å². The molecule has 0 atom stereocenters. The Kier molecular flexibility index (Phi) is 6.61. The van der Waals surface area contributed by atoms with Crippen molar-refractivity contribution < 1.29 is 19.2 Å². The van der Waals surface area contributed by atoms with Gasteiger partial charge in [-0.3, -0.25) is 30.6 Å². The number of hydrogen-bond acceptors (Lipinski definition) is 5. The Morgan fingerprint density at radius 3 is 2.37 bits per heavy atom. The first-order valence-electron chi connectivity index (χ1n) is 8.75. The number of rotatable bonds is 6. The predicted molar refractivity (Wildman–Crippen MR) is 110 cm³/mol. The van der Waals surface area contributed by atoms with Crippen molar-refractivity contribution in [2.75, 3.05) is 0 Å². The zero-order chi connectivity index (χ0) is 21.5. The van der Waals surface area contributed by atoms with Crippen molar-refractivity contribution in [2.24, 2.45) is 0 Å². The molecule has 0 heterocycles. The highest BCUT2D eigenvalue weighted by Crippen LogP contribution is 2.20. The van der Waals surface area contributed by atoms with Crippen LogP contribution in [0.15, 0.2) is 72.8 Å². The second-order valence-electron chi connectivity index (χ2n) is 6.13. The molecular weight excluding hydrogens is 410 g/mol. The van der Waals surface area contributed by atoms with Gasteiger partial charge in [-0.05, 0) is 35.9 Å².